The molecule has 2 aromatic carbocycles. The van der Waals surface area contributed by atoms with E-state index in [4.69, 9.17) is 0 Å². The van der Waals surface area contributed by atoms with Gasteiger partial charge in [-0.25, -0.2) is 18.3 Å². The first-order chi connectivity index (χ1) is 14.7. The predicted octanol–water partition coefficient (Wildman–Crippen LogP) is 4.01. The Morgan fingerprint density at radius 3 is 2.58 bits per heavy atom. The summed E-state index contributed by atoms with van der Waals surface area (Å²) in [6.07, 6.45) is 2.52. The second-order valence-electron chi connectivity index (χ2n) is 7.23. The van der Waals surface area contributed by atoms with Crippen LogP contribution >= 0.6 is 0 Å². The van der Waals surface area contributed by atoms with Gasteiger partial charge >= 0.3 is 5.97 Å². The Labute approximate surface area is 176 Å². The van der Waals surface area contributed by atoms with E-state index in [9.17, 15) is 23.5 Å². The van der Waals surface area contributed by atoms with E-state index >= 15 is 0 Å². The summed E-state index contributed by atoms with van der Waals surface area (Å²) in [4.78, 5) is 24.5. The van der Waals surface area contributed by atoms with Crippen LogP contribution in [0.4, 0.5) is 20.3 Å². The van der Waals surface area contributed by atoms with Crippen LogP contribution in [0.3, 0.4) is 0 Å². The smallest absolute Gasteiger partial charge is 0.352 e. The van der Waals surface area contributed by atoms with Gasteiger partial charge < -0.3 is 15.7 Å². The number of amides is 1. The van der Waals surface area contributed by atoms with E-state index in [1.54, 1.807) is 6.07 Å². The van der Waals surface area contributed by atoms with Gasteiger partial charge in [0, 0.05) is 17.3 Å². The van der Waals surface area contributed by atoms with Crippen molar-refractivity contribution in [3.63, 3.8) is 0 Å². The molecule has 9 heteroatoms. The Bertz CT molecular complexity index is 1250. The molecular formula is C22H18F2N4O3. The minimum absolute atomic E-state index is 0.0205. The highest BCUT2D eigenvalue weighted by molar-refractivity contribution is 6.08. The fraction of sp³-hybridized carbons (Fsp3) is 0.136. The average Bonchev–Trinajstić information content (AvgIpc) is 3.14. The number of hydrogen-bond donors (Lipinski definition) is 3. The first kappa shape index (κ1) is 20.3. The summed E-state index contributed by atoms with van der Waals surface area (Å²) in [5.41, 5.74) is 2.49. The SMILES string of the molecule is Cc1ccc(NC(=O)c2cnn3c2NC(C(=O)O)=C[C@@H]3c2ccc(F)cc2F)cc1C. The molecule has 0 aliphatic carbocycles. The number of aryl methyl sites for hydroxylation is 2. The molecule has 0 fully saturated rings. The normalized spacial score (nSPS) is 15.0. The molecule has 0 radical (unpaired) electrons. The molecule has 7 nitrogen and oxygen atoms in total. The minimum Gasteiger partial charge on any atom is -0.477 e. The van der Waals surface area contributed by atoms with Crippen molar-refractivity contribution in [3.05, 3.63) is 88.3 Å². The molecule has 3 aromatic rings. The Hall–Kier alpha value is -4.01. The fourth-order valence-electron chi connectivity index (χ4n) is 3.37. The number of anilines is 2. The van der Waals surface area contributed by atoms with Gasteiger partial charge in [-0.3, -0.25) is 4.79 Å². The zero-order chi connectivity index (χ0) is 22.3. The molecule has 3 N–H and O–H groups in total. The summed E-state index contributed by atoms with van der Waals surface area (Å²) >= 11 is 0. The van der Waals surface area contributed by atoms with Crippen LogP contribution < -0.4 is 10.6 Å². The molecule has 1 amide bonds. The van der Waals surface area contributed by atoms with Crippen molar-refractivity contribution in [1.82, 2.24) is 9.78 Å². The Morgan fingerprint density at radius 1 is 1.13 bits per heavy atom. The Balaban J connectivity index is 1.73. The molecule has 2 heterocycles. The quantitative estimate of drug-likeness (QED) is 0.588. The molecule has 0 saturated carbocycles. The van der Waals surface area contributed by atoms with Gasteiger partial charge in [0.2, 0.25) is 0 Å². The average molecular weight is 424 g/mol. The van der Waals surface area contributed by atoms with Crippen LogP contribution in [0.15, 0.2) is 54.4 Å². The largest absolute Gasteiger partial charge is 0.477 e. The van der Waals surface area contributed by atoms with Crippen LogP contribution in [0.25, 0.3) is 0 Å². The molecule has 4 rings (SSSR count). The summed E-state index contributed by atoms with van der Waals surface area (Å²) in [7, 11) is 0. The van der Waals surface area contributed by atoms with Gasteiger partial charge in [-0.1, -0.05) is 12.1 Å². The lowest BCUT2D eigenvalue weighted by molar-refractivity contribution is -0.132. The number of carbonyl (C=O) groups excluding carboxylic acids is 1. The van der Waals surface area contributed by atoms with E-state index < -0.39 is 29.6 Å². The third-order valence-corrected chi connectivity index (χ3v) is 5.16. The summed E-state index contributed by atoms with van der Waals surface area (Å²) in [5.74, 6) is -3.32. The third-order valence-electron chi connectivity index (χ3n) is 5.16. The maximum absolute atomic E-state index is 14.4. The molecule has 0 unspecified atom stereocenters. The topological polar surface area (TPSA) is 96.3 Å². The number of aliphatic carboxylic acids is 1. The van der Waals surface area contributed by atoms with Gasteiger partial charge in [0.05, 0.1) is 6.20 Å². The molecule has 1 aliphatic rings. The molecule has 31 heavy (non-hydrogen) atoms. The Morgan fingerprint density at radius 2 is 1.90 bits per heavy atom. The van der Waals surface area contributed by atoms with Gasteiger partial charge in [-0.15, -0.1) is 0 Å². The monoisotopic (exact) mass is 424 g/mol. The number of carboxylic acid groups (broad SMARTS) is 1. The van der Waals surface area contributed by atoms with E-state index in [-0.39, 0.29) is 22.6 Å². The number of aromatic nitrogens is 2. The van der Waals surface area contributed by atoms with Gasteiger partial charge in [0.15, 0.2) is 0 Å². The van der Waals surface area contributed by atoms with E-state index in [0.717, 1.165) is 17.2 Å². The van der Waals surface area contributed by atoms with Crippen LogP contribution in [0.5, 0.6) is 0 Å². The van der Waals surface area contributed by atoms with Crippen molar-refractivity contribution in [2.75, 3.05) is 10.6 Å². The van der Waals surface area contributed by atoms with E-state index in [2.05, 4.69) is 15.7 Å². The molecule has 158 valence electrons. The molecule has 1 aliphatic heterocycles. The van der Waals surface area contributed by atoms with Crippen LogP contribution in [0, 0.1) is 25.5 Å². The molecular weight excluding hydrogens is 406 g/mol. The number of nitrogens with one attached hydrogen (secondary N) is 2. The molecule has 0 saturated heterocycles. The predicted molar refractivity (Wildman–Crippen MR) is 110 cm³/mol. The van der Waals surface area contributed by atoms with Gasteiger partial charge in [0.25, 0.3) is 5.91 Å². The number of hydrogen-bond acceptors (Lipinski definition) is 4. The van der Waals surface area contributed by atoms with Crippen molar-refractivity contribution in [2.24, 2.45) is 0 Å². The maximum Gasteiger partial charge on any atom is 0.352 e. The van der Waals surface area contributed by atoms with Crippen molar-refractivity contribution >= 4 is 23.4 Å². The maximum atomic E-state index is 14.4. The van der Waals surface area contributed by atoms with Crippen LogP contribution in [0.2, 0.25) is 0 Å². The Kier molecular flexibility index (Phi) is 5.02. The number of allylic oxidation sites excluding steroid dienone is 1. The molecule has 0 bridgehead atoms. The van der Waals surface area contributed by atoms with Crippen LogP contribution in [-0.4, -0.2) is 26.8 Å². The second-order valence-corrected chi connectivity index (χ2v) is 7.23. The van der Waals surface area contributed by atoms with E-state index in [1.165, 1.54) is 23.0 Å². The summed E-state index contributed by atoms with van der Waals surface area (Å²) in [6, 6.07) is 7.46. The van der Waals surface area contributed by atoms with Gasteiger partial charge in [0.1, 0.15) is 34.8 Å². The van der Waals surface area contributed by atoms with Crippen molar-refractivity contribution in [2.45, 2.75) is 19.9 Å². The van der Waals surface area contributed by atoms with E-state index in [0.29, 0.717) is 11.8 Å². The lowest BCUT2D eigenvalue weighted by Gasteiger charge is -2.24. The first-order valence-corrected chi connectivity index (χ1v) is 9.38. The highest BCUT2D eigenvalue weighted by atomic mass is 19.1. The standard InChI is InChI=1S/C22H18F2N4O3/c1-11-3-5-14(7-12(11)2)26-21(29)16-10-25-28-19(9-18(22(30)31)27-20(16)28)15-6-4-13(23)8-17(15)24/h3-10,19,27H,1-2H3,(H,26,29)(H,30,31)/t19-/m1/s1. The summed E-state index contributed by atoms with van der Waals surface area (Å²) in [5, 5.41) is 19.1. The number of carboxylic acids is 1. The lowest BCUT2D eigenvalue weighted by atomic mass is 10.0. The number of rotatable bonds is 4. The summed E-state index contributed by atoms with van der Waals surface area (Å²) in [6.45, 7) is 3.87. The number of benzene rings is 2. The molecule has 1 aromatic heterocycles. The highest BCUT2D eigenvalue weighted by Gasteiger charge is 2.30. The van der Waals surface area contributed by atoms with Crippen LogP contribution in [-0.2, 0) is 4.79 Å². The van der Waals surface area contributed by atoms with Crippen molar-refractivity contribution in [1.29, 1.82) is 0 Å². The van der Waals surface area contributed by atoms with Crippen molar-refractivity contribution < 1.29 is 23.5 Å². The highest BCUT2D eigenvalue weighted by Crippen LogP contribution is 2.33. The van der Waals surface area contributed by atoms with Gasteiger partial charge in [-0.05, 0) is 49.2 Å². The number of halogens is 2. The van der Waals surface area contributed by atoms with Crippen LogP contribution in [0.1, 0.15) is 33.1 Å². The third kappa shape index (κ3) is 3.77. The molecule has 1 atom stereocenters. The van der Waals surface area contributed by atoms with Crippen molar-refractivity contribution in [3.8, 4) is 0 Å². The van der Waals surface area contributed by atoms with E-state index in [1.807, 2.05) is 26.0 Å². The zero-order valence-electron chi connectivity index (χ0n) is 16.6. The fourth-order valence-corrected chi connectivity index (χ4v) is 3.37. The number of nitrogens with zero attached hydrogens (tertiary/aromatic N) is 2. The number of carbonyl (C=O) groups is 2. The zero-order valence-corrected chi connectivity index (χ0v) is 16.6. The first-order valence-electron chi connectivity index (χ1n) is 9.38. The second kappa shape index (κ2) is 7.67. The summed E-state index contributed by atoms with van der Waals surface area (Å²) < 4.78 is 29.1. The lowest BCUT2D eigenvalue weighted by Crippen LogP contribution is -2.26. The number of fused-ring (bicyclic) bond motifs is 1. The molecule has 0 spiro atoms. The minimum atomic E-state index is -1.29. The van der Waals surface area contributed by atoms with Gasteiger partial charge in [-0.2, -0.15) is 5.10 Å².